The van der Waals surface area contributed by atoms with Gasteiger partial charge in [0.25, 0.3) is 0 Å². The Morgan fingerprint density at radius 2 is 1.84 bits per heavy atom. The second-order valence-electron chi connectivity index (χ2n) is 7.83. The van der Waals surface area contributed by atoms with Gasteiger partial charge in [-0.3, -0.25) is 9.59 Å². The Balaban J connectivity index is 1.79. The highest BCUT2D eigenvalue weighted by Gasteiger charge is 2.43. The number of pyridine rings is 1. The Bertz CT molecular complexity index is 1150. The molecule has 0 spiro atoms. The van der Waals surface area contributed by atoms with Gasteiger partial charge in [-0.1, -0.05) is 0 Å². The zero-order valence-electron chi connectivity index (χ0n) is 16.5. The van der Waals surface area contributed by atoms with Gasteiger partial charge in [-0.05, 0) is 41.8 Å². The van der Waals surface area contributed by atoms with Crippen molar-refractivity contribution in [3.8, 4) is 0 Å². The summed E-state index contributed by atoms with van der Waals surface area (Å²) in [6.07, 6.45) is -2.16. The van der Waals surface area contributed by atoms with Gasteiger partial charge in [-0.15, -0.1) is 0 Å². The molecule has 2 aliphatic heterocycles. The number of hydrogen-bond donors (Lipinski definition) is 1. The minimum Gasteiger partial charge on any atom is -0.477 e. The van der Waals surface area contributed by atoms with Crippen molar-refractivity contribution in [2.45, 2.75) is 32.0 Å². The summed E-state index contributed by atoms with van der Waals surface area (Å²) in [4.78, 5) is 38.6. The Morgan fingerprint density at radius 1 is 1.19 bits per heavy atom. The Morgan fingerprint density at radius 3 is 2.42 bits per heavy atom. The third-order valence-electron chi connectivity index (χ3n) is 5.98. The summed E-state index contributed by atoms with van der Waals surface area (Å²) in [5, 5.41) is 9.72. The SMILES string of the molecule is CC1CCc2c(N3CCN(C(=O)C(F)(F)F)CC3)c(Br)cc3c(=O)c(C(=O)O)cn1c23. The van der Waals surface area contributed by atoms with E-state index in [1.165, 1.54) is 6.20 Å². The first-order chi connectivity index (χ1) is 14.5. The van der Waals surface area contributed by atoms with Crippen molar-refractivity contribution in [2.75, 3.05) is 31.1 Å². The second-order valence-corrected chi connectivity index (χ2v) is 8.69. The molecule has 0 aliphatic carbocycles. The van der Waals surface area contributed by atoms with E-state index in [2.05, 4.69) is 15.9 Å². The summed E-state index contributed by atoms with van der Waals surface area (Å²) < 4.78 is 40.6. The van der Waals surface area contributed by atoms with Gasteiger partial charge in [0.2, 0.25) is 5.43 Å². The molecule has 1 fully saturated rings. The number of anilines is 1. The maximum atomic E-state index is 12.8. The number of aromatic nitrogens is 1. The third-order valence-corrected chi connectivity index (χ3v) is 6.59. The van der Waals surface area contributed by atoms with Crippen LogP contribution in [0.15, 0.2) is 21.5 Å². The maximum Gasteiger partial charge on any atom is 0.471 e. The minimum absolute atomic E-state index is 0.0102. The lowest BCUT2D eigenvalue weighted by molar-refractivity contribution is -0.185. The predicted molar refractivity (Wildman–Crippen MR) is 111 cm³/mol. The molecule has 7 nitrogen and oxygen atoms in total. The quantitative estimate of drug-likeness (QED) is 0.683. The topological polar surface area (TPSA) is 82.8 Å². The number of rotatable bonds is 2. The van der Waals surface area contributed by atoms with Gasteiger partial charge in [0.05, 0.1) is 11.2 Å². The van der Waals surface area contributed by atoms with Crippen LogP contribution in [0.25, 0.3) is 10.9 Å². The molecule has 0 bridgehead atoms. The summed E-state index contributed by atoms with van der Waals surface area (Å²) in [6, 6.07) is 1.58. The number of alkyl halides is 3. The molecule has 4 rings (SSSR count). The standard InChI is InChI=1S/C20H19BrF3N3O4/c1-10-2-3-11-15-12(17(28)13(18(29)30)9-27(10)15)8-14(21)16(11)25-4-6-26(7-5-25)19(31)20(22,23)24/h8-10H,2-7H2,1H3,(H,29,30). The highest BCUT2D eigenvalue weighted by atomic mass is 79.9. The number of carbonyl (C=O) groups excluding carboxylic acids is 1. The number of carboxylic acid groups (broad SMARTS) is 1. The number of halogens is 4. The summed E-state index contributed by atoms with van der Waals surface area (Å²) in [5.41, 5.74) is 1.41. The predicted octanol–water partition coefficient (Wildman–Crippen LogP) is 3.18. The van der Waals surface area contributed by atoms with Gasteiger partial charge in [0.15, 0.2) is 0 Å². The van der Waals surface area contributed by atoms with Gasteiger partial charge >= 0.3 is 18.1 Å². The first-order valence-corrected chi connectivity index (χ1v) is 10.5. The normalized spacial score (nSPS) is 19.1. The molecule has 0 radical (unpaired) electrons. The second kappa shape index (κ2) is 7.54. The van der Waals surface area contributed by atoms with Crippen molar-refractivity contribution in [3.05, 3.63) is 38.1 Å². The van der Waals surface area contributed by atoms with Crippen LogP contribution in [-0.2, 0) is 11.2 Å². The molecule has 3 heterocycles. The lowest BCUT2D eigenvalue weighted by Crippen LogP contribution is -2.52. The molecule has 2 aromatic rings. The number of hydrogen-bond acceptors (Lipinski definition) is 4. The molecular weight excluding hydrogens is 483 g/mol. The lowest BCUT2D eigenvalue weighted by Gasteiger charge is -2.39. The molecule has 1 N–H and O–H groups in total. The van der Waals surface area contributed by atoms with Crippen LogP contribution in [-0.4, -0.2) is 58.8 Å². The number of aryl methyl sites for hydroxylation is 1. The average molecular weight is 502 g/mol. The van der Waals surface area contributed by atoms with Crippen LogP contribution in [0.4, 0.5) is 18.9 Å². The molecule has 11 heteroatoms. The first-order valence-electron chi connectivity index (χ1n) is 9.75. The van der Waals surface area contributed by atoms with Crippen molar-refractivity contribution in [3.63, 3.8) is 0 Å². The molecule has 1 unspecified atom stereocenters. The third kappa shape index (κ3) is 3.58. The van der Waals surface area contributed by atoms with E-state index in [0.29, 0.717) is 21.8 Å². The van der Waals surface area contributed by atoms with Crippen LogP contribution < -0.4 is 10.3 Å². The van der Waals surface area contributed by atoms with E-state index in [-0.39, 0.29) is 37.8 Å². The monoisotopic (exact) mass is 501 g/mol. The Hall–Kier alpha value is -2.56. The van der Waals surface area contributed by atoms with Crippen molar-refractivity contribution >= 4 is 44.4 Å². The number of carboxylic acids is 1. The lowest BCUT2D eigenvalue weighted by atomic mass is 9.93. The van der Waals surface area contributed by atoms with Gasteiger partial charge in [-0.25, -0.2) is 4.79 Å². The average Bonchev–Trinajstić information content (AvgIpc) is 2.70. The van der Waals surface area contributed by atoms with E-state index in [1.54, 1.807) is 10.6 Å². The number of nitrogens with zero attached hydrogens (tertiary/aromatic N) is 3. The molecular formula is C20H19BrF3N3O4. The molecule has 31 heavy (non-hydrogen) atoms. The van der Waals surface area contributed by atoms with Crippen molar-refractivity contribution in [1.82, 2.24) is 9.47 Å². The molecule has 2 aliphatic rings. The number of aromatic carboxylic acids is 1. The molecule has 1 aromatic heterocycles. The molecule has 1 atom stereocenters. The smallest absolute Gasteiger partial charge is 0.471 e. The van der Waals surface area contributed by atoms with E-state index >= 15 is 0 Å². The van der Waals surface area contributed by atoms with Gasteiger partial charge in [0.1, 0.15) is 5.56 Å². The molecule has 1 saturated heterocycles. The number of carbonyl (C=O) groups is 2. The van der Waals surface area contributed by atoms with Crippen molar-refractivity contribution in [1.29, 1.82) is 0 Å². The molecule has 1 amide bonds. The van der Waals surface area contributed by atoms with Crippen LogP contribution in [0.2, 0.25) is 0 Å². The van der Waals surface area contributed by atoms with E-state index in [0.717, 1.165) is 22.6 Å². The maximum absolute atomic E-state index is 12.8. The summed E-state index contributed by atoms with van der Waals surface area (Å²) in [5.74, 6) is -3.13. The summed E-state index contributed by atoms with van der Waals surface area (Å²) >= 11 is 3.48. The number of benzene rings is 1. The fourth-order valence-corrected chi connectivity index (χ4v) is 5.16. The fraction of sp³-hybridized carbons (Fsp3) is 0.450. The van der Waals surface area contributed by atoms with E-state index in [1.807, 2.05) is 11.8 Å². The molecule has 166 valence electrons. The molecule has 0 saturated carbocycles. The summed E-state index contributed by atoms with van der Waals surface area (Å²) in [7, 11) is 0. The Kier molecular flexibility index (Phi) is 5.27. The zero-order valence-corrected chi connectivity index (χ0v) is 18.1. The van der Waals surface area contributed by atoms with E-state index in [9.17, 15) is 32.7 Å². The van der Waals surface area contributed by atoms with Gasteiger partial charge < -0.3 is 19.5 Å². The van der Waals surface area contributed by atoms with Crippen molar-refractivity contribution < 1.29 is 27.9 Å². The van der Waals surface area contributed by atoms with Gasteiger partial charge in [-0.2, -0.15) is 13.2 Å². The van der Waals surface area contributed by atoms with Crippen LogP contribution >= 0.6 is 15.9 Å². The van der Waals surface area contributed by atoms with Gasteiger partial charge in [0, 0.05) is 53.8 Å². The van der Waals surface area contributed by atoms with Crippen molar-refractivity contribution in [2.24, 2.45) is 0 Å². The molecule has 1 aromatic carbocycles. The number of amides is 1. The highest BCUT2D eigenvalue weighted by molar-refractivity contribution is 9.10. The Labute approximate surface area is 183 Å². The van der Waals surface area contributed by atoms with Crippen LogP contribution in [0, 0.1) is 0 Å². The van der Waals surface area contributed by atoms with Crippen LogP contribution in [0.3, 0.4) is 0 Å². The highest BCUT2D eigenvalue weighted by Crippen LogP contribution is 2.41. The van der Waals surface area contributed by atoms with E-state index in [4.69, 9.17) is 0 Å². The van der Waals surface area contributed by atoms with Crippen LogP contribution in [0.5, 0.6) is 0 Å². The summed E-state index contributed by atoms with van der Waals surface area (Å²) in [6.45, 7) is 2.24. The minimum atomic E-state index is -4.90. The van der Waals surface area contributed by atoms with E-state index < -0.39 is 23.5 Å². The zero-order chi connectivity index (χ0) is 22.7. The first kappa shape index (κ1) is 21.7. The number of piperazine rings is 1. The fourth-order valence-electron chi connectivity index (χ4n) is 4.44. The van der Waals surface area contributed by atoms with Crippen LogP contribution in [0.1, 0.15) is 35.3 Å². The largest absolute Gasteiger partial charge is 0.477 e.